The molecule has 2 amide bonds. The zero-order chi connectivity index (χ0) is 32.2. The Labute approximate surface area is 279 Å². The minimum absolute atomic E-state index is 0.146. The molecule has 0 aromatic heterocycles. The van der Waals surface area contributed by atoms with Crippen LogP contribution < -0.4 is 10.6 Å². The van der Waals surface area contributed by atoms with Gasteiger partial charge < -0.3 is 30.0 Å². The van der Waals surface area contributed by atoms with Crippen molar-refractivity contribution < 1.29 is 33.7 Å². The molecule has 1 fully saturated rings. The number of halogens is 1. The molecular weight excluding hydrogens is 687 g/mol. The average Bonchev–Trinajstić information content (AvgIpc) is 3.41. The number of ether oxygens (including phenoxy) is 3. The number of fused-ring (bicyclic) bond motifs is 1. The number of carbonyl (C=O) groups excluding carboxylic acids is 3. The van der Waals surface area contributed by atoms with Gasteiger partial charge in [0.15, 0.2) is 5.79 Å². The predicted octanol–water partition coefficient (Wildman–Crippen LogP) is 5.83. The van der Waals surface area contributed by atoms with Gasteiger partial charge in [0.05, 0.1) is 12.2 Å². The molecule has 10 heteroatoms. The maximum absolute atomic E-state index is 13.5. The van der Waals surface area contributed by atoms with E-state index < -0.39 is 30.1 Å². The van der Waals surface area contributed by atoms with E-state index in [9.17, 15) is 14.4 Å². The molecule has 0 spiro atoms. The number of hydrogen-bond acceptors (Lipinski definition) is 7. The summed E-state index contributed by atoms with van der Waals surface area (Å²) in [5.74, 6) is -1.84. The Hall–Kier alpha value is -2.80. The molecule has 2 aliphatic rings. The van der Waals surface area contributed by atoms with Gasteiger partial charge in [-0.1, -0.05) is 63.8 Å². The Kier molecular flexibility index (Phi) is 13.4. The van der Waals surface area contributed by atoms with Crippen LogP contribution in [-0.2, 0) is 25.5 Å². The molecular formula is C35H45IN2O7. The van der Waals surface area contributed by atoms with Crippen molar-refractivity contribution in [3.8, 4) is 0 Å². The summed E-state index contributed by atoms with van der Waals surface area (Å²) in [4.78, 5) is 39.2. The fourth-order valence-electron chi connectivity index (χ4n) is 5.82. The van der Waals surface area contributed by atoms with Crippen LogP contribution in [0.4, 0.5) is 0 Å². The summed E-state index contributed by atoms with van der Waals surface area (Å²) in [7, 11) is 0. The number of unbranched alkanes of at least 4 members (excludes halogenated alkanes) is 4. The van der Waals surface area contributed by atoms with Gasteiger partial charge in [-0.3, -0.25) is 9.59 Å². The summed E-state index contributed by atoms with van der Waals surface area (Å²) in [6, 6.07) is 14.2. The number of hydrogen-bond donors (Lipinski definition) is 3. The lowest BCUT2D eigenvalue weighted by atomic mass is 9.91. The maximum Gasteiger partial charge on any atom is 0.339 e. The summed E-state index contributed by atoms with van der Waals surface area (Å²) < 4.78 is 20.3. The summed E-state index contributed by atoms with van der Waals surface area (Å²) in [6.07, 6.45) is 7.95. The SMILES string of the molecule is CCCCCC1(CCCCC)O[C@@H]2[C@@H](C=C(C(=O)NCc3cccc(C(=O)NCCO)c3)C[C@H]2OC(=O)c2ccccc2I)O1. The highest BCUT2D eigenvalue weighted by molar-refractivity contribution is 14.1. The molecule has 0 saturated carbocycles. The van der Waals surface area contributed by atoms with Crippen LogP contribution >= 0.6 is 22.6 Å². The van der Waals surface area contributed by atoms with Crippen molar-refractivity contribution >= 4 is 40.4 Å². The van der Waals surface area contributed by atoms with Crippen molar-refractivity contribution in [1.82, 2.24) is 10.6 Å². The first-order valence-electron chi connectivity index (χ1n) is 16.1. The van der Waals surface area contributed by atoms with Crippen molar-refractivity contribution in [3.63, 3.8) is 0 Å². The highest BCUT2D eigenvalue weighted by Gasteiger charge is 2.52. The highest BCUT2D eigenvalue weighted by atomic mass is 127. The van der Waals surface area contributed by atoms with Gasteiger partial charge in [0.25, 0.3) is 5.91 Å². The van der Waals surface area contributed by atoms with E-state index in [-0.39, 0.29) is 37.9 Å². The second kappa shape index (κ2) is 17.2. The number of nitrogens with one attached hydrogen (secondary N) is 2. The maximum atomic E-state index is 13.5. The topological polar surface area (TPSA) is 123 Å². The van der Waals surface area contributed by atoms with E-state index in [2.05, 4.69) is 47.1 Å². The minimum Gasteiger partial charge on any atom is -0.455 e. The molecule has 0 unspecified atom stereocenters. The number of aliphatic hydroxyl groups excluding tert-OH is 1. The third-order valence-corrected chi connectivity index (χ3v) is 9.13. The molecule has 1 aliphatic heterocycles. The first kappa shape index (κ1) is 35.1. The van der Waals surface area contributed by atoms with E-state index >= 15 is 0 Å². The highest BCUT2D eigenvalue weighted by Crippen LogP contribution is 2.43. The molecule has 1 aliphatic carbocycles. The first-order valence-corrected chi connectivity index (χ1v) is 17.1. The number of carbonyl (C=O) groups is 3. The van der Waals surface area contributed by atoms with Crippen LogP contribution in [0.1, 0.15) is 97.9 Å². The van der Waals surface area contributed by atoms with E-state index in [0.717, 1.165) is 60.5 Å². The van der Waals surface area contributed by atoms with Crippen molar-refractivity contribution in [1.29, 1.82) is 0 Å². The normalized spacial score (nSPS) is 20.2. The van der Waals surface area contributed by atoms with Crippen molar-refractivity contribution in [2.45, 2.75) is 102 Å². The monoisotopic (exact) mass is 732 g/mol. The van der Waals surface area contributed by atoms with Crippen molar-refractivity contribution in [2.75, 3.05) is 13.2 Å². The summed E-state index contributed by atoms with van der Waals surface area (Å²) in [5, 5.41) is 14.6. The largest absolute Gasteiger partial charge is 0.455 e. The molecule has 244 valence electrons. The average molecular weight is 733 g/mol. The predicted molar refractivity (Wildman–Crippen MR) is 180 cm³/mol. The molecule has 3 N–H and O–H groups in total. The number of aliphatic hydroxyl groups is 1. The molecule has 1 saturated heterocycles. The van der Waals surface area contributed by atoms with Crippen LogP contribution in [0, 0.1) is 3.57 Å². The molecule has 0 radical (unpaired) electrons. The summed E-state index contributed by atoms with van der Waals surface area (Å²) in [6.45, 7) is 4.54. The van der Waals surface area contributed by atoms with Gasteiger partial charge in [-0.05, 0) is 71.3 Å². The van der Waals surface area contributed by atoms with Crippen molar-refractivity contribution in [2.24, 2.45) is 0 Å². The molecule has 2 aromatic carbocycles. The van der Waals surface area contributed by atoms with Crippen molar-refractivity contribution in [3.05, 3.63) is 80.4 Å². The van der Waals surface area contributed by atoms with E-state index in [0.29, 0.717) is 16.7 Å². The van der Waals surface area contributed by atoms with Gasteiger partial charge in [0, 0.05) is 47.1 Å². The van der Waals surface area contributed by atoms with Gasteiger partial charge >= 0.3 is 5.97 Å². The summed E-state index contributed by atoms with van der Waals surface area (Å²) in [5.41, 5.74) is 2.13. The van der Waals surface area contributed by atoms with Crippen LogP contribution in [0.5, 0.6) is 0 Å². The van der Waals surface area contributed by atoms with E-state index in [1.807, 2.05) is 24.3 Å². The lowest BCUT2D eigenvalue weighted by Gasteiger charge is -2.31. The molecule has 9 nitrogen and oxygen atoms in total. The molecule has 3 atom stereocenters. The summed E-state index contributed by atoms with van der Waals surface area (Å²) >= 11 is 2.12. The number of rotatable bonds is 16. The van der Waals surface area contributed by atoms with Crippen LogP contribution in [0.15, 0.2) is 60.2 Å². The quantitative estimate of drug-likeness (QED) is 0.113. The third kappa shape index (κ3) is 9.60. The van der Waals surface area contributed by atoms with Crippen LogP contribution in [-0.4, -0.2) is 60.1 Å². The van der Waals surface area contributed by atoms with Crippen LogP contribution in [0.2, 0.25) is 0 Å². The second-order valence-corrected chi connectivity index (χ2v) is 12.8. The number of esters is 1. The fourth-order valence-corrected chi connectivity index (χ4v) is 6.43. The molecule has 0 bridgehead atoms. The van der Waals surface area contributed by atoms with E-state index in [1.54, 1.807) is 30.3 Å². The fraction of sp³-hybridized carbons (Fsp3) is 0.514. The molecule has 45 heavy (non-hydrogen) atoms. The standard InChI is InChI=1S/C35H45IN2O7/c1-3-5-9-16-35(17-10-6-4-2)44-30-22-26(21-29(31(30)45-35)43-34(42)27-14-7-8-15-28(27)36)33(41)38-23-24-12-11-13-25(20-24)32(40)37-18-19-39/h7-8,11-15,20,22,29-31,39H,3-6,9-10,16-19,21,23H2,1-2H3,(H,37,40)(H,38,41)/t29-,30-,31+/m1/s1. The molecule has 2 aromatic rings. The zero-order valence-electron chi connectivity index (χ0n) is 26.2. The zero-order valence-corrected chi connectivity index (χ0v) is 28.3. The van der Waals surface area contributed by atoms with E-state index in [4.69, 9.17) is 19.3 Å². The Morgan fingerprint density at radius 3 is 2.38 bits per heavy atom. The van der Waals surface area contributed by atoms with E-state index in [1.165, 1.54) is 0 Å². The van der Waals surface area contributed by atoms with Gasteiger partial charge in [-0.15, -0.1) is 0 Å². The Morgan fingerprint density at radius 1 is 0.956 bits per heavy atom. The van der Waals surface area contributed by atoms with Gasteiger partial charge in [-0.25, -0.2) is 4.79 Å². The number of benzene rings is 2. The Morgan fingerprint density at radius 2 is 1.69 bits per heavy atom. The Balaban J connectivity index is 1.54. The van der Waals surface area contributed by atoms with Gasteiger partial charge in [0.1, 0.15) is 18.3 Å². The van der Waals surface area contributed by atoms with Crippen LogP contribution in [0.25, 0.3) is 0 Å². The molecule has 1 heterocycles. The second-order valence-electron chi connectivity index (χ2n) is 11.7. The van der Waals surface area contributed by atoms with Gasteiger partial charge in [-0.2, -0.15) is 0 Å². The Bertz CT molecular complexity index is 1340. The lowest BCUT2D eigenvalue weighted by molar-refractivity contribution is -0.190. The first-order chi connectivity index (χ1) is 21.8. The minimum atomic E-state index is -0.787. The number of amides is 2. The molecule has 4 rings (SSSR count). The smallest absolute Gasteiger partial charge is 0.339 e. The van der Waals surface area contributed by atoms with Gasteiger partial charge in [0.2, 0.25) is 5.91 Å². The third-order valence-electron chi connectivity index (χ3n) is 8.18. The lowest BCUT2D eigenvalue weighted by Crippen LogP contribution is -2.43. The van der Waals surface area contributed by atoms with Crippen LogP contribution in [0.3, 0.4) is 0 Å².